The van der Waals surface area contributed by atoms with Gasteiger partial charge in [-0.05, 0) is 42.5 Å². The number of rotatable bonds is 6. The van der Waals surface area contributed by atoms with Crippen LogP contribution in [0.25, 0.3) is 0 Å². The van der Waals surface area contributed by atoms with Crippen LogP contribution in [-0.4, -0.2) is 6.04 Å². The highest BCUT2D eigenvalue weighted by Crippen LogP contribution is 2.30. The minimum Gasteiger partial charge on any atom is -0.310 e. The van der Waals surface area contributed by atoms with Crippen LogP contribution in [0.15, 0.2) is 47.4 Å². The predicted molar refractivity (Wildman–Crippen MR) is 87.0 cm³/mol. The van der Waals surface area contributed by atoms with E-state index in [0.29, 0.717) is 6.04 Å². The highest BCUT2D eigenvalue weighted by Gasteiger charge is 2.21. The molecule has 0 atom stereocenters. The fraction of sp³-hybridized carbons (Fsp3) is 0.333. The smallest absolute Gasteiger partial charge is 0.137 e. The summed E-state index contributed by atoms with van der Waals surface area (Å²) in [6.45, 7) is 2.87. The molecule has 1 aliphatic carbocycles. The average Bonchev–Trinajstić information content (AvgIpc) is 3.30. The fourth-order valence-electron chi connectivity index (χ4n) is 2.32. The largest absolute Gasteiger partial charge is 0.310 e. The lowest BCUT2D eigenvalue weighted by Crippen LogP contribution is -2.16. The van der Waals surface area contributed by atoms with Gasteiger partial charge in [0.05, 0.1) is 0 Å². The molecule has 1 fully saturated rings. The Hall–Kier alpha value is -1.32. The second-order valence-electron chi connectivity index (χ2n) is 5.60. The molecular formula is C18H20FNS. The molecule has 0 heterocycles. The molecule has 3 heteroatoms. The SMILES string of the molecule is Cc1ccccc1CSc1c(F)cccc1CNC1CC1. The zero-order valence-corrected chi connectivity index (χ0v) is 13.0. The summed E-state index contributed by atoms with van der Waals surface area (Å²) in [5.41, 5.74) is 3.60. The van der Waals surface area contributed by atoms with Crippen molar-refractivity contribution in [1.29, 1.82) is 0 Å². The van der Waals surface area contributed by atoms with Gasteiger partial charge in [-0.15, -0.1) is 11.8 Å². The summed E-state index contributed by atoms with van der Waals surface area (Å²) in [6, 6.07) is 14.3. The van der Waals surface area contributed by atoms with Crippen molar-refractivity contribution in [2.45, 2.75) is 43.0 Å². The molecule has 0 bridgehead atoms. The standard InChI is InChI=1S/C18H20FNS/c1-13-5-2-3-6-15(13)12-21-18-14(7-4-8-17(18)19)11-20-16-9-10-16/h2-8,16,20H,9-12H2,1H3. The third-order valence-electron chi connectivity index (χ3n) is 3.84. The van der Waals surface area contributed by atoms with Crippen molar-refractivity contribution in [3.63, 3.8) is 0 Å². The number of nitrogens with one attached hydrogen (secondary N) is 1. The molecule has 0 radical (unpaired) electrons. The van der Waals surface area contributed by atoms with Crippen LogP contribution in [0.5, 0.6) is 0 Å². The van der Waals surface area contributed by atoms with Gasteiger partial charge in [-0.25, -0.2) is 4.39 Å². The van der Waals surface area contributed by atoms with E-state index in [-0.39, 0.29) is 5.82 Å². The van der Waals surface area contributed by atoms with E-state index in [2.05, 4.69) is 24.4 Å². The third-order valence-corrected chi connectivity index (χ3v) is 5.04. The van der Waals surface area contributed by atoms with E-state index < -0.39 is 0 Å². The first-order chi connectivity index (χ1) is 10.2. The fourth-order valence-corrected chi connectivity index (χ4v) is 3.47. The Morgan fingerprint density at radius 2 is 1.86 bits per heavy atom. The number of benzene rings is 2. The van der Waals surface area contributed by atoms with Crippen molar-refractivity contribution >= 4 is 11.8 Å². The summed E-state index contributed by atoms with van der Waals surface area (Å²) in [4.78, 5) is 0.786. The minimum atomic E-state index is -0.108. The van der Waals surface area contributed by atoms with Gasteiger partial charge in [0.1, 0.15) is 5.82 Å². The lowest BCUT2D eigenvalue weighted by atomic mass is 10.1. The van der Waals surface area contributed by atoms with Crippen molar-refractivity contribution in [3.8, 4) is 0 Å². The van der Waals surface area contributed by atoms with E-state index in [1.54, 1.807) is 23.9 Å². The molecule has 0 spiro atoms. The maximum absolute atomic E-state index is 14.1. The number of hydrogen-bond acceptors (Lipinski definition) is 2. The van der Waals surface area contributed by atoms with Gasteiger partial charge in [0.2, 0.25) is 0 Å². The predicted octanol–water partition coefficient (Wildman–Crippen LogP) is 4.68. The molecule has 1 N–H and O–H groups in total. The van der Waals surface area contributed by atoms with Crippen LogP contribution in [0.3, 0.4) is 0 Å². The van der Waals surface area contributed by atoms with Crippen LogP contribution in [0.1, 0.15) is 29.5 Å². The molecule has 0 amide bonds. The van der Waals surface area contributed by atoms with Gasteiger partial charge >= 0.3 is 0 Å². The Kier molecular flexibility index (Phi) is 4.61. The highest BCUT2D eigenvalue weighted by molar-refractivity contribution is 7.98. The van der Waals surface area contributed by atoms with Crippen molar-refractivity contribution in [2.75, 3.05) is 0 Å². The summed E-state index contributed by atoms with van der Waals surface area (Å²) in [7, 11) is 0. The monoisotopic (exact) mass is 301 g/mol. The first-order valence-corrected chi connectivity index (χ1v) is 8.40. The summed E-state index contributed by atoms with van der Waals surface area (Å²) >= 11 is 1.60. The van der Waals surface area contributed by atoms with Gasteiger partial charge in [-0.3, -0.25) is 0 Å². The lowest BCUT2D eigenvalue weighted by molar-refractivity contribution is 0.589. The first kappa shape index (κ1) is 14.6. The molecular weight excluding hydrogens is 281 g/mol. The second-order valence-corrected chi connectivity index (χ2v) is 6.58. The van der Waals surface area contributed by atoms with Crippen molar-refractivity contribution in [1.82, 2.24) is 5.32 Å². The normalized spacial score (nSPS) is 14.4. The molecule has 110 valence electrons. The Labute approximate surface area is 130 Å². The van der Waals surface area contributed by atoms with Crippen LogP contribution in [-0.2, 0) is 12.3 Å². The van der Waals surface area contributed by atoms with Crippen LogP contribution in [0.4, 0.5) is 4.39 Å². The van der Waals surface area contributed by atoms with Gasteiger partial charge in [-0.2, -0.15) is 0 Å². The van der Waals surface area contributed by atoms with E-state index in [0.717, 1.165) is 22.8 Å². The van der Waals surface area contributed by atoms with E-state index >= 15 is 0 Å². The molecule has 0 aromatic heterocycles. The van der Waals surface area contributed by atoms with Crippen LogP contribution in [0, 0.1) is 12.7 Å². The Morgan fingerprint density at radius 3 is 2.62 bits per heavy atom. The molecule has 1 saturated carbocycles. The van der Waals surface area contributed by atoms with Gasteiger partial charge in [0.25, 0.3) is 0 Å². The molecule has 21 heavy (non-hydrogen) atoms. The molecule has 3 rings (SSSR count). The Bertz CT molecular complexity index is 622. The van der Waals surface area contributed by atoms with E-state index in [4.69, 9.17) is 0 Å². The van der Waals surface area contributed by atoms with Gasteiger partial charge < -0.3 is 5.32 Å². The molecule has 0 aliphatic heterocycles. The maximum Gasteiger partial charge on any atom is 0.137 e. The highest BCUT2D eigenvalue weighted by atomic mass is 32.2. The number of hydrogen-bond donors (Lipinski definition) is 1. The maximum atomic E-state index is 14.1. The van der Waals surface area contributed by atoms with Crippen molar-refractivity contribution in [3.05, 3.63) is 65.0 Å². The summed E-state index contributed by atoms with van der Waals surface area (Å²) in [5, 5.41) is 3.47. The summed E-state index contributed by atoms with van der Waals surface area (Å²) in [6.07, 6.45) is 2.50. The average molecular weight is 301 g/mol. The van der Waals surface area contributed by atoms with Crippen LogP contribution < -0.4 is 5.32 Å². The molecule has 1 nitrogen and oxygen atoms in total. The summed E-state index contributed by atoms with van der Waals surface area (Å²) < 4.78 is 14.1. The second kappa shape index (κ2) is 6.63. The van der Waals surface area contributed by atoms with Crippen molar-refractivity contribution < 1.29 is 4.39 Å². The third kappa shape index (κ3) is 3.86. The van der Waals surface area contributed by atoms with Crippen LogP contribution >= 0.6 is 11.8 Å². The molecule has 1 aliphatic rings. The molecule has 2 aromatic rings. The quantitative estimate of drug-likeness (QED) is 0.778. The zero-order valence-electron chi connectivity index (χ0n) is 12.2. The van der Waals surface area contributed by atoms with E-state index in [9.17, 15) is 4.39 Å². The zero-order chi connectivity index (χ0) is 14.7. The first-order valence-electron chi connectivity index (χ1n) is 7.42. The Balaban J connectivity index is 1.72. The topological polar surface area (TPSA) is 12.0 Å². The van der Waals surface area contributed by atoms with Crippen LogP contribution in [0.2, 0.25) is 0 Å². The molecule has 0 unspecified atom stereocenters. The van der Waals surface area contributed by atoms with Gasteiger partial charge in [0.15, 0.2) is 0 Å². The van der Waals surface area contributed by atoms with Gasteiger partial charge in [0, 0.05) is 23.2 Å². The molecule has 0 saturated heterocycles. The lowest BCUT2D eigenvalue weighted by Gasteiger charge is -2.12. The van der Waals surface area contributed by atoms with Gasteiger partial charge in [-0.1, -0.05) is 36.4 Å². The Morgan fingerprint density at radius 1 is 1.10 bits per heavy atom. The minimum absolute atomic E-state index is 0.108. The number of halogens is 1. The number of aryl methyl sites for hydroxylation is 1. The van der Waals surface area contributed by atoms with E-state index in [1.807, 2.05) is 18.2 Å². The van der Waals surface area contributed by atoms with Crippen molar-refractivity contribution in [2.24, 2.45) is 0 Å². The summed E-state index contributed by atoms with van der Waals surface area (Å²) in [5.74, 6) is 0.702. The molecule has 2 aromatic carbocycles. The number of thioether (sulfide) groups is 1. The van der Waals surface area contributed by atoms with E-state index in [1.165, 1.54) is 24.0 Å².